The van der Waals surface area contributed by atoms with Gasteiger partial charge in [-0.2, -0.15) is 0 Å². The van der Waals surface area contributed by atoms with Crippen molar-refractivity contribution in [3.8, 4) is 11.5 Å². The molecule has 0 aliphatic carbocycles. The summed E-state index contributed by atoms with van der Waals surface area (Å²) in [5, 5.41) is 12.4. The van der Waals surface area contributed by atoms with Crippen molar-refractivity contribution in [2.24, 2.45) is 11.7 Å². The molecule has 23 nitrogen and oxygen atoms in total. The lowest BCUT2D eigenvalue weighted by Crippen LogP contribution is -2.54. The van der Waals surface area contributed by atoms with Crippen LogP contribution in [0.25, 0.3) is 21.0 Å². The summed E-state index contributed by atoms with van der Waals surface area (Å²) < 4.78 is 18.6. The number of primary amides is 1. The minimum absolute atomic E-state index is 0.0879. The molecule has 5 heterocycles. The number of ether oxygens (including phenoxy) is 3. The first kappa shape index (κ1) is 63.8. The maximum absolute atomic E-state index is 14.4. The Kier molecular flexibility index (Phi) is 22.1. The zero-order chi connectivity index (χ0) is 61.6. The van der Waals surface area contributed by atoms with E-state index in [1.165, 1.54) is 41.8 Å². The normalized spacial score (nSPS) is 15.5. The maximum atomic E-state index is 14.4. The molecule has 0 spiro atoms. The van der Waals surface area contributed by atoms with Crippen LogP contribution in [0.3, 0.4) is 0 Å². The number of nitrogens with zero attached hydrogens (tertiary/aromatic N) is 5. The molecule has 25 heteroatoms. The van der Waals surface area contributed by atoms with Crippen LogP contribution in [0.4, 0.5) is 25.8 Å². The second-order valence-corrected chi connectivity index (χ2v) is 23.8. The van der Waals surface area contributed by atoms with Crippen molar-refractivity contribution in [2.75, 3.05) is 89.2 Å². The van der Waals surface area contributed by atoms with Crippen molar-refractivity contribution in [3.63, 3.8) is 0 Å². The van der Waals surface area contributed by atoms with Gasteiger partial charge in [-0.1, -0.05) is 32.4 Å². The number of nitrogens with two attached hydrogens (primary N) is 1. The summed E-state index contributed by atoms with van der Waals surface area (Å²) in [7, 11) is 3.10. The fourth-order valence-electron chi connectivity index (χ4n) is 10.5. The van der Waals surface area contributed by atoms with Crippen molar-refractivity contribution in [2.45, 2.75) is 96.7 Å². The van der Waals surface area contributed by atoms with Crippen molar-refractivity contribution in [1.29, 1.82) is 0 Å². The third-order valence-corrected chi connectivity index (χ3v) is 16.8. The number of thiophene rings is 1. The largest absolute Gasteiger partial charge is 0.492 e. The Morgan fingerprint density at radius 1 is 0.849 bits per heavy atom. The number of anilines is 2. The number of aromatic amines is 1. The fourth-order valence-corrected chi connectivity index (χ4v) is 11.9. The van der Waals surface area contributed by atoms with Gasteiger partial charge in [-0.15, -0.1) is 22.9 Å². The van der Waals surface area contributed by atoms with Gasteiger partial charge in [0.25, 0.3) is 17.7 Å². The van der Waals surface area contributed by atoms with Crippen LogP contribution in [0.5, 0.6) is 11.5 Å². The summed E-state index contributed by atoms with van der Waals surface area (Å²) in [5.41, 5.74) is 8.94. The van der Waals surface area contributed by atoms with E-state index in [2.05, 4.69) is 31.2 Å². The number of amides is 10. The van der Waals surface area contributed by atoms with Crippen molar-refractivity contribution in [1.82, 2.24) is 40.5 Å². The van der Waals surface area contributed by atoms with Crippen LogP contribution < -0.4 is 41.4 Å². The minimum Gasteiger partial charge on any atom is -0.492 e. The number of alkyl halides is 1. The van der Waals surface area contributed by atoms with Crippen LogP contribution in [0, 0.1) is 12.8 Å². The van der Waals surface area contributed by atoms with Gasteiger partial charge in [0.05, 0.1) is 5.69 Å². The highest BCUT2D eigenvalue weighted by Gasteiger charge is 2.37. The number of halogens is 1. The van der Waals surface area contributed by atoms with Crippen molar-refractivity contribution in [3.05, 3.63) is 94.5 Å². The Balaban J connectivity index is 0.811. The zero-order valence-corrected chi connectivity index (χ0v) is 50.7. The van der Waals surface area contributed by atoms with Crippen LogP contribution in [0.2, 0.25) is 0 Å². The topological polar surface area (TPSA) is 287 Å². The molecule has 3 atom stereocenters. The molecule has 1 saturated heterocycles. The first-order chi connectivity index (χ1) is 41.3. The molecule has 460 valence electrons. The van der Waals surface area contributed by atoms with Gasteiger partial charge < -0.3 is 60.9 Å². The lowest BCUT2D eigenvalue weighted by molar-refractivity contribution is -0.137. The van der Waals surface area contributed by atoms with Crippen LogP contribution in [-0.2, 0) is 35.3 Å². The number of hydrogen-bond acceptors (Lipinski definition) is 14. The Labute approximate surface area is 508 Å². The van der Waals surface area contributed by atoms with Crippen LogP contribution >= 0.6 is 22.9 Å². The Morgan fingerprint density at radius 2 is 1.57 bits per heavy atom. The molecule has 7 N–H and O–H groups in total. The van der Waals surface area contributed by atoms with Crippen LogP contribution in [-0.4, -0.2) is 169 Å². The Morgan fingerprint density at radius 3 is 2.27 bits per heavy atom. The summed E-state index contributed by atoms with van der Waals surface area (Å²) in [6.45, 7) is 9.91. The molecule has 5 aromatic rings. The molecular weight excluding hydrogens is 1150 g/mol. The van der Waals surface area contributed by atoms with E-state index < -0.39 is 42.1 Å². The van der Waals surface area contributed by atoms with E-state index in [0.717, 1.165) is 61.7 Å². The van der Waals surface area contributed by atoms with Crippen LogP contribution in [0.1, 0.15) is 97.6 Å². The molecule has 3 aliphatic heterocycles. The molecule has 2 aromatic heterocycles. The van der Waals surface area contributed by atoms with Crippen LogP contribution in [0.15, 0.2) is 72.8 Å². The average Bonchev–Trinajstić information content (AvgIpc) is 1.69. The van der Waals surface area contributed by atoms with Gasteiger partial charge in [0.2, 0.25) is 17.7 Å². The summed E-state index contributed by atoms with van der Waals surface area (Å²) >= 11 is 8.14. The number of aryl methyl sites for hydroxylation is 1. The number of likely N-dealkylation sites (N-methyl/N-ethyl adjacent to an activating group) is 2. The predicted octanol–water partition coefficient (Wildman–Crippen LogP) is 7.35. The number of likely N-dealkylation sites (tertiary alicyclic amines) is 1. The van der Waals surface area contributed by atoms with E-state index in [9.17, 15) is 43.2 Å². The Hall–Kier alpha value is -8.22. The molecule has 1 fully saturated rings. The number of urea groups is 1. The summed E-state index contributed by atoms with van der Waals surface area (Å²) in [6.07, 6.45) is 5.60. The standard InChI is InChI=1S/C61H76ClN11O12S/c1-37(2)54(68-50(74)13-7-6-8-25-72-51(75)20-21-52(72)76)57(78)67-46(12-11-22-64-59(63)80)56(77)65-42-16-14-39(15-17-42)36-84-60(81)69(4)26-27-70(5)61(82)85-49-33-48-53(55-44(49)30-38(3)86-55)41(34-62)35-73(48)58(79)47-32-40-31-43(18-19-45(40)66-47)83-29-28-71-23-9-10-24-71/h14-21,30-33,37,41,46,54,66H,6-13,22-29,34-36H2,1-5H3,(H,65,77)(H,67,78)(H,68,74)(H3,63,64,80)/t41?,46?,54-/m0/s1. The number of unbranched alkanes of at least 4 members (excludes halogenated alkanes) is 2. The quantitative estimate of drug-likeness (QED) is 0.0163. The second kappa shape index (κ2) is 29.7. The first-order valence-electron chi connectivity index (χ1n) is 29.1. The third-order valence-electron chi connectivity index (χ3n) is 15.4. The molecule has 0 saturated carbocycles. The summed E-state index contributed by atoms with van der Waals surface area (Å²) in [5.74, 6) is -1.71. The number of imide groups is 1. The van der Waals surface area contributed by atoms with Gasteiger partial charge in [-0.05, 0) is 112 Å². The molecule has 3 aromatic carbocycles. The van der Waals surface area contributed by atoms with E-state index in [1.807, 2.05) is 37.3 Å². The molecule has 86 heavy (non-hydrogen) atoms. The number of carbonyl (C=O) groups is 9. The number of nitrogens with one attached hydrogen (secondary N) is 5. The number of rotatable bonds is 28. The van der Waals surface area contributed by atoms with E-state index >= 15 is 0 Å². The Bertz CT molecular complexity index is 3320. The monoisotopic (exact) mass is 1220 g/mol. The molecule has 3 aliphatic rings. The number of carbonyl (C=O) groups excluding carboxylic acids is 9. The van der Waals surface area contributed by atoms with Gasteiger partial charge in [-0.3, -0.25) is 38.6 Å². The third kappa shape index (κ3) is 16.6. The summed E-state index contributed by atoms with van der Waals surface area (Å²) in [4.78, 5) is 129. The zero-order valence-electron chi connectivity index (χ0n) is 49.2. The van der Waals surface area contributed by atoms with E-state index in [0.29, 0.717) is 55.0 Å². The first-order valence-corrected chi connectivity index (χ1v) is 30.4. The lowest BCUT2D eigenvalue weighted by atomic mass is 10.0. The minimum atomic E-state index is -1.08. The van der Waals surface area contributed by atoms with Gasteiger partial charge in [0.15, 0.2) is 0 Å². The van der Waals surface area contributed by atoms with Gasteiger partial charge in [0, 0.05) is 127 Å². The highest BCUT2D eigenvalue weighted by atomic mass is 35.5. The van der Waals surface area contributed by atoms with E-state index in [4.69, 9.17) is 31.5 Å². The van der Waals surface area contributed by atoms with Crippen molar-refractivity contribution < 1.29 is 57.4 Å². The SMILES string of the molecule is Cc1cc2c(OC(=O)N(C)CCN(C)C(=O)OCc3ccc(NC(=O)C(CCCNC(N)=O)NC(=O)[C@@H](NC(=O)CCCCCN4C(=O)C=CC4=O)C(C)C)cc3)cc3c(c2s1)C(CCl)CN3C(=O)c1cc2cc(OCCN3CCCC3)ccc2[nH]1. The second-order valence-electron chi connectivity index (χ2n) is 22.2. The number of benzene rings is 3. The maximum Gasteiger partial charge on any atom is 0.415 e. The number of fused-ring (bicyclic) bond motifs is 4. The smallest absolute Gasteiger partial charge is 0.415 e. The highest BCUT2D eigenvalue weighted by Crippen LogP contribution is 2.49. The highest BCUT2D eigenvalue weighted by molar-refractivity contribution is 7.19. The number of aromatic nitrogens is 1. The molecule has 8 rings (SSSR count). The predicted molar refractivity (Wildman–Crippen MR) is 328 cm³/mol. The van der Waals surface area contributed by atoms with E-state index in [-0.39, 0.29) is 99.1 Å². The fraction of sp³-hybridized carbons (Fsp3) is 0.459. The van der Waals surface area contributed by atoms with E-state index in [1.54, 1.807) is 67.5 Å². The lowest BCUT2D eigenvalue weighted by Gasteiger charge is -2.25. The molecule has 0 radical (unpaired) electrons. The van der Waals surface area contributed by atoms with Crippen molar-refractivity contribution >= 4 is 109 Å². The molecule has 10 amide bonds. The van der Waals surface area contributed by atoms with Gasteiger partial charge >= 0.3 is 18.2 Å². The molecule has 2 unspecified atom stereocenters. The number of H-pyrrole nitrogens is 1. The average molecular weight is 1220 g/mol. The summed E-state index contributed by atoms with van der Waals surface area (Å²) in [6, 6.07) is 15.0. The van der Waals surface area contributed by atoms with Gasteiger partial charge in [0.1, 0.15) is 42.5 Å². The molecular formula is C61H76ClN11O12S. The van der Waals surface area contributed by atoms with Gasteiger partial charge in [-0.25, -0.2) is 14.4 Å². The number of hydrogen-bond donors (Lipinski definition) is 6. The molecule has 0 bridgehead atoms.